The predicted molar refractivity (Wildman–Crippen MR) is 143 cm³/mol. The average molecular weight is 473 g/mol. The maximum absolute atomic E-state index is 6.72. The van der Waals surface area contributed by atoms with Gasteiger partial charge >= 0.3 is 0 Å². The standard InChI is InChI=1S/C33H44O2/c1-22-7-17-28-30(3,4)32(28,20-22)34-26-13-9-24(10-14-26)19-25-11-15-27(16-12-25)35-33-21-23(2)8-18-29(33)31(33,5)6/h9-16,22-23,28-29H,7-8,17-21H2,1-6H3. The zero-order chi connectivity index (χ0) is 24.6. The Bertz CT molecular complexity index is 994. The maximum Gasteiger partial charge on any atom is 0.120 e. The number of fused-ring (bicyclic) bond motifs is 2. The Morgan fingerprint density at radius 3 is 1.34 bits per heavy atom. The summed E-state index contributed by atoms with van der Waals surface area (Å²) in [4.78, 5) is 0. The summed E-state index contributed by atoms with van der Waals surface area (Å²) in [5.41, 5.74) is 3.35. The minimum Gasteiger partial charge on any atom is -0.486 e. The molecule has 6 unspecified atom stereocenters. The van der Waals surface area contributed by atoms with Crippen LogP contribution in [0.5, 0.6) is 11.5 Å². The lowest BCUT2D eigenvalue weighted by atomic mass is 9.88. The Kier molecular flexibility index (Phi) is 5.20. The monoisotopic (exact) mass is 472 g/mol. The van der Waals surface area contributed by atoms with Gasteiger partial charge in [-0.1, -0.05) is 78.6 Å². The van der Waals surface area contributed by atoms with Gasteiger partial charge < -0.3 is 9.47 Å². The number of hydrogen-bond donors (Lipinski definition) is 0. The van der Waals surface area contributed by atoms with Gasteiger partial charge in [0.25, 0.3) is 0 Å². The fourth-order valence-corrected chi connectivity index (χ4v) is 8.48. The molecule has 0 saturated heterocycles. The molecular weight excluding hydrogens is 428 g/mol. The largest absolute Gasteiger partial charge is 0.486 e. The molecule has 6 atom stereocenters. The van der Waals surface area contributed by atoms with E-state index in [1.165, 1.54) is 49.7 Å². The molecule has 0 aliphatic heterocycles. The van der Waals surface area contributed by atoms with Gasteiger partial charge in [-0.15, -0.1) is 0 Å². The molecule has 0 radical (unpaired) electrons. The van der Waals surface area contributed by atoms with Crippen LogP contribution in [0.25, 0.3) is 0 Å². The first-order valence-electron chi connectivity index (χ1n) is 14.1. The minimum atomic E-state index is 0.0484. The Hall–Kier alpha value is -1.96. The summed E-state index contributed by atoms with van der Waals surface area (Å²) in [5.74, 6) is 5.00. The van der Waals surface area contributed by atoms with Gasteiger partial charge in [0, 0.05) is 22.7 Å². The lowest BCUT2D eigenvalue weighted by Gasteiger charge is -2.29. The predicted octanol–water partition coefficient (Wildman–Crippen LogP) is 8.46. The van der Waals surface area contributed by atoms with Crippen molar-refractivity contribution in [2.24, 2.45) is 34.5 Å². The lowest BCUT2D eigenvalue weighted by molar-refractivity contribution is 0.0846. The van der Waals surface area contributed by atoms with Crippen LogP contribution >= 0.6 is 0 Å². The molecule has 4 aliphatic rings. The summed E-state index contributed by atoms with van der Waals surface area (Å²) in [6.45, 7) is 14.4. The molecule has 0 amide bonds. The first-order chi connectivity index (χ1) is 16.6. The van der Waals surface area contributed by atoms with Gasteiger partial charge in [-0.25, -0.2) is 0 Å². The number of benzene rings is 2. The summed E-state index contributed by atoms with van der Waals surface area (Å²) in [6, 6.07) is 17.7. The van der Waals surface area contributed by atoms with Gasteiger partial charge in [-0.05, 0) is 79.3 Å². The number of hydrogen-bond acceptors (Lipinski definition) is 2. The van der Waals surface area contributed by atoms with E-state index in [9.17, 15) is 0 Å². The average Bonchev–Trinajstić information content (AvgIpc) is 3.49. The summed E-state index contributed by atoms with van der Waals surface area (Å²) < 4.78 is 13.4. The molecule has 2 nitrogen and oxygen atoms in total. The SMILES string of the molecule is CC1CCC2C(C)(C)C2(Oc2ccc(Cc3ccc(OC45CC(C)CCC4C5(C)C)cc3)cc2)C1. The molecule has 2 heteroatoms. The third-order valence-corrected chi connectivity index (χ3v) is 10.9. The van der Waals surface area contributed by atoms with Crippen LogP contribution in [0.4, 0.5) is 0 Å². The van der Waals surface area contributed by atoms with Gasteiger partial charge in [0.2, 0.25) is 0 Å². The Labute approximate surface area is 212 Å². The normalized spacial score (nSPS) is 38.1. The van der Waals surface area contributed by atoms with E-state index in [4.69, 9.17) is 9.47 Å². The van der Waals surface area contributed by atoms with Crippen molar-refractivity contribution in [1.82, 2.24) is 0 Å². The van der Waals surface area contributed by atoms with Gasteiger partial charge in [-0.3, -0.25) is 0 Å². The Balaban J connectivity index is 1.09. The van der Waals surface area contributed by atoms with Crippen molar-refractivity contribution in [3.63, 3.8) is 0 Å². The highest BCUT2D eigenvalue weighted by atomic mass is 16.5. The molecule has 0 aromatic heterocycles. The number of rotatable bonds is 6. The van der Waals surface area contributed by atoms with Crippen LogP contribution in [-0.4, -0.2) is 11.2 Å². The van der Waals surface area contributed by atoms with Crippen molar-refractivity contribution in [2.45, 2.75) is 97.7 Å². The molecule has 0 spiro atoms. The fourth-order valence-electron chi connectivity index (χ4n) is 8.48. The molecule has 0 N–H and O–H groups in total. The molecule has 2 aromatic carbocycles. The van der Waals surface area contributed by atoms with Crippen LogP contribution in [0.2, 0.25) is 0 Å². The number of ether oxygens (including phenoxy) is 2. The van der Waals surface area contributed by atoms with Crippen LogP contribution in [-0.2, 0) is 6.42 Å². The van der Waals surface area contributed by atoms with Crippen LogP contribution in [0, 0.1) is 34.5 Å². The Morgan fingerprint density at radius 1 is 0.600 bits per heavy atom. The molecule has 4 aliphatic carbocycles. The second kappa shape index (κ2) is 7.77. The molecule has 0 bridgehead atoms. The zero-order valence-electron chi connectivity index (χ0n) is 22.7. The molecule has 2 aromatic rings. The molecular formula is C33H44O2. The molecule has 0 heterocycles. The van der Waals surface area contributed by atoms with Crippen molar-refractivity contribution >= 4 is 0 Å². The van der Waals surface area contributed by atoms with Crippen LogP contribution in [0.1, 0.15) is 91.2 Å². The molecule has 35 heavy (non-hydrogen) atoms. The van der Waals surface area contributed by atoms with E-state index >= 15 is 0 Å². The summed E-state index contributed by atoms with van der Waals surface area (Å²) in [7, 11) is 0. The van der Waals surface area contributed by atoms with Crippen LogP contribution in [0.3, 0.4) is 0 Å². The molecule has 4 saturated carbocycles. The van der Waals surface area contributed by atoms with E-state index in [-0.39, 0.29) is 11.2 Å². The molecule has 4 fully saturated rings. The van der Waals surface area contributed by atoms with Gasteiger partial charge in [0.15, 0.2) is 0 Å². The van der Waals surface area contributed by atoms with Crippen molar-refractivity contribution in [3.8, 4) is 11.5 Å². The highest BCUT2D eigenvalue weighted by Gasteiger charge is 2.75. The van der Waals surface area contributed by atoms with Crippen molar-refractivity contribution in [1.29, 1.82) is 0 Å². The van der Waals surface area contributed by atoms with Gasteiger partial charge in [0.1, 0.15) is 22.7 Å². The summed E-state index contributed by atoms with van der Waals surface area (Å²) in [6.07, 6.45) is 8.64. The zero-order valence-corrected chi connectivity index (χ0v) is 22.7. The van der Waals surface area contributed by atoms with E-state index < -0.39 is 0 Å². The van der Waals surface area contributed by atoms with E-state index in [1.807, 2.05) is 0 Å². The first kappa shape index (κ1) is 23.4. The summed E-state index contributed by atoms with van der Waals surface area (Å²) in [5, 5.41) is 0. The second-order valence-corrected chi connectivity index (χ2v) is 13.8. The third kappa shape index (κ3) is 3.57. The maximum atomic E-state index is 6.72. The van der Waals surface area contributed by atoms with E-state index in [2.05, 4.69) is 90.1 Å². The van der Waals surface area contributed by atoms with E-state index in [0.29, 0.717) is 22.7 Å². The minimum absolute atomic E-state index is 0.0484. The smallest absolute Gasteiger partial charge is 0.120 e. The second-order valence-electron chi connectivity index (χ2n) is 13.8. The van der Waals surface area contributed by atoms with Crippen molar-refractivity contribution < 1.29 is 9.47 Å². The highest BCUT2D eigenvalue weighted by molar-refractivity contribution is 5.37. The van der Waals surface area contributed by atoms with Gasteiger partial charge in [0.05, 0.1) is 0 Å². The third-order valence-electron chi connectivity index (χ3n) is 10.9. The highest BCUT2D eigenvalue weighted by Crippen LogP contribution is 2.71. The van der Waals surface area contributed by atoms with Crippen LogP contribution < -0.4 is 9.47 Å². The Morgan fingerprint density at radius 2 is 0.971 bits per heavy atom. The van der Waals surface area contributed by atoms with Crippen molar-refractivity contribution in [2.75, 3.05) is 0 Å². The molecule has 188 valence electrons. The first-order valence-corrected chi connectivity index (χ1v) is 14.1. The fraction of sp³-hybridized carbons (Fsp3) is 0.636. The van der Waals surface area contributed by atoms with Gasteiger partial charge in [-0.2, -0.15) is 0 Å². The topological polar surface area (TPSA) is 18.5 Å². The van der Waals surface area contributed by atoms with E-state index in [0.717, 1.165) is 29.8 Å². The summed E-state index contributed by atoms with van der Waals surface area (Å²) >= 11 is 0. The quantitative estimate of drug-likeness (QED) is 0.420. The lowest BCUT2D eigenvalue weighted by Crippen LogP contribution is -2.30. The molecule has 6 rings (SSSR count). The van der Waals surface area contributed by atoms with E-state index in [1.54, 1.807) is 0 Å². The van der Waals surface area contributed by atoms with Crippen molar-refractivity contribution in [3.05, 3.63) is 59.7 Å². The van der Waals surface area contributed by atoms with Crippen LogP contribution in [0.15, 0.2) is 48.5 Å².